The van der Waals surface area contributed by atoms with E-state index >= 15 is 0 Å². The summed E-state index contributed by atoms with van der Waals surface area (Å²) in [7, 11) is 0. The van der Waals surface area contributed by atoms with Gasteiger partial charge in [0.25, 0.3) is 0 Å². The third-order valence-electron chi connectivity index (χ3n) is 4.58. The smallest absolute Gasteiger partial charge is 0.133 e. The van der Waals surface area contributed by atoms with Gasteiger partial charge in [0, 0.05) is 48.9 Å². The first-order chi connectivity index (χ1) is 10.8. The molecule has 0 amide bonds. The molecule has 1 aromatic heterocycles. The summed E-state index contributed by atoms with van der Waals surface area (Å²) in [4.78, 5) is 11.9. The zero-order valence-electron chi connectivity index (χ0n) is 15.0. The summed E-state index contributed by atoms with van der Waals surface area (Å²) in [6, 6.07) is 6.74. The van der Waals surface area contributed by atoms with Crippen molar-refractivity contribution >= 4 is 0 Å². The van der Waals surface area contributed by atoms with Crippen LogP contribution in [0.1, 0.15) is 54.5 Å². The Morgan fingerprint density at radius 3 is 2.65 bits per heavy atom. The Kier molecular flexibility index (Phi) is 4.24. The minimum absolute atomic E-state index is 0.0190. The largest absolute Gasteiger partial charge is 0.294 e. The van der Waals surface area contributed by atoms with Crippen LogP contribution in [0.4, 0.5) is 0 Å². The zero-order valence-corrected chi connectivity index (χ0v) is 15.0. The van der Waals surface area contributed by atoms with Crippen molar-refractivity contribution in [3.05, 3.63) is 58.2 Å². The Balaban J connectivity index is 1.75. The Morgan fingerprint density at radius 1 is 1.17 bits per heavy atom. The molecule has 3 rings (SSSR count). The number of nitrogens with zero attached hydrogens (tertiary/aromatic N) is 3. The summed E-state index contributed by atoms with van der Waals surface area (Å²) in [6.45, 7) is 13.9. The number of hydrogen-bond donors (Lipinski definition) is 0. The third kappa shape index (κ3) is 3.61. The predicted molar refractivity (Wildman–Crippen MR) is 94.5 cm³/mol. The first-order valence-corrected chi connectivity index (χ1v) is 8.47. The van der Waals surface area contributed by atoms with Crippen LogP contribution in [-0.4, -0.2) is 21.4 Å². The molecule has 0 unspecified atom stereocenters. The topological polar surface area (TPSA) is 29.0 Å². The number of rotatable bonds is 2. The molecule has 1 aromatic carbocycles. The second-order valence-corrected chi connectivity index (χ2v) is 7.81. The fraction of sp³-hybridized carbons (Fsp3) is 0.500. The molecule has 122 valence electrons. The van der Waals surface area contributed by atoms with E-state index in [4.69, 9.17) is 4.98 Å². The zero-order chi connectivity index (χ0) is 16.6. The highest BCUT2D eigenvalue weighted by Gasteiger charge is 2.23. The number of fused-ring (bicyclic) bond motifs is 1. The van der Waals surface area contributed by atoms with Gasteiger partial charge in [0.05, 0.1) is 0 Å². The summed E-state index contributed by atoms with van der Waals surface area (Å²) in [5.74, 6) is 0.957. The average Bonchev–Trinajstić information content (AvgIpc) is 2.48. The van der Waals surface area contributed by atoms with E-state index in [0.717, 1.165) is 31.9 Å². The van der Waals surface area contributed by atoms with Gasteiger partial charge >= 0.3 is 0 Å². The van der Waals surface area contributed by atoms with Crippen molar-refractivity contribution in [1.82, 2.24) is 14.9 Å². The van der Waals surface area contributed by atoms with Gasteiger partial charge in [-0.3, -0.25) is 4.90 Å². The maximum Gasteiger partial charge on any atom is 0.133 e. The normalized spacial score (nSPS) is 15.5. The van der Waals surface area contributed by atoms with Crippen LogP contribution in [-0.2, 0) is 24.9 Å². The molecular weight excluding hydrogens is 282 g/mol. The van der Waals surface area contributed by atoms with Crippen LogP contribution >= 0.6 is 0 Å². The molecule has 0 spiro atoms. The molecule has 0 N–H and O–H groups in total. The van der Waals surface area contributed by atoms with E-state index in [0.29, 0.717) is 0 Å². The standard InChI is InChI=1S/C20H27N3/c1-14-6-7-16(15(2)10-14)12-23-9-8-18-17(13-23)11-21-19(22-18)20(3,4)5/h6-7,10-11H,8-9,12-13H2,1-5H3. The molecule has 23 heavy (non-hydrogen) atoms. The van der Waals surface area contributed by atoms with E-state index in [2.05, 4.69) is 62.7 Å². The van der Waals surface area contributed by atoms with Gasteiger partial charge in [0.2, 0.25) is 0 Å². The SMILES string of the molecule is Cc1ccc(CN2CCc3nc(C(C)(C)C)ncc3C2)c(C)c1. The Hall–Kier alpha value is -1.74. The minimum Gasteiger partial charge on any atom is -0.294 e. The molecule has 0 radical (unpaired) electrons. The molecular formula is C20H27N3. The predicted octanol–water partition coefficient (Wildman–Crippen LogP) is 3.95. The maximum atomic E-state index is 4.82. The molecule has 0 aliphatic carbocycles. The van der Waals surface area contributed by atoms with Gasteiger partial charge < -0.3 is 0 Å². The van der Waals surface area contributed by atoms with Crippen LogP contribution in [0.25, 0.3) is 0 Å². The van der Waals surface area contributed by atoms with E-state index in [1.807, 2.05) is 6.20 Å². The average molecular weight is 309 g/mol. The lowest BCUT2D eigenvalue weighted by Gasteiger charge is -2.29. The molecule has 3 heteroatoms. The van der Waals surface area contributed by atoms with Crippen LogP contribution in [0.5, 0.6) is 0 Å². The first-order valence-electron chi connectivity index (χ1n) is 8.47. The minimum atomic E-state index is 0.0190. The summed E-state index contributed by atoms with van der Waals surface area (Å²) in [5.41, 5.74) is 6.68. The fourth-order valence-corrected chi connectivity index (χ4v) is 3.14. The molecule has 2 aromatic rings. The van der Waals surface area contributed by atoms with Crippen molar-refractivity contribution in [2.24, 2.45) is 0 Å². The number of aromatic nitrogens is 2. The van der Waals surface area contributed by atoms with Crippen LogP contribution in [0, 0.1) is 13.8 Å². The lowest BCUT2D eigenvalue weighted by molar-refractivity contribution is 0.241. The second-order valence-electron chi connectivity index (χ2n) is 7.81. The van der Waals surface area contributed by atoms with Gasteiger partial charge in [-0.1, -0.05) is 44.5 Å². The molecule has 0 atom stereocenters. The lowest BCUT2D eigenvalue weighted by atomic mass is 9.95. The Morgan fingerprint density at radius 2 is 1.96 bits per heavy atom. The van der Waals surface area contributed by atoms with Crippen molar-refractivity contribution < 1.29 is 0 Å². The van der Waals surface area contributed by atoms with Crippen LogP contribution in [0.15, 0.2) is 24.4 Å². The fourth-order valence-electron chi connectivity index (χ4n) is 3.14. The van der Waals surface area contributed by atoms with Gasteiger partial charge in [0.15, 0.2) is 0 Å². The highest BCUT2D eigenvalue weighted by Crippen LogP contribution is 2.24. The molecule has 3 nitrogen and oxygen atoms in total. The van der Waals surface area contributed by atoms with Crippen molar-refractivity contribution in [2.45, 2.75) is 59.5 Å². The third-order valence-corrected chi connectivity index (χ3v) is 4.58. The van der Waals surface area contributed by atoms with E-state index in [1.54, 1.807) is 0 Å². The van der Waals surface area contributed by atoms with Crippen molar-refractivity contribution in [2.75, 3.05) is 6.54 Å². The molecule has 1 aliphatic heterocycles. The van der Waals surface area contributed by atoms with E-state index in [9.17, 15) is 0 Å². The quantitative estimate of drug-likeness (QED) is 0.841. The highest BCUT2D eigenvalue weighted by molar-refractivity contribution is 5.31. The molecule has 1 aliphatic rings. The molecule has 0 fully saturated rings. The summed E-state index contributed by atoms with van der Waals surface area (Å²) < 4.78 is 0. The van der Waals surface area contributed by atoms with Gasteiger partial charge in [-0.05, 0) is 25.0 Å². The maximum absolute atomic E-state index is 4.82. The Labute approximate surface area is 139 Å². The van der Waals surface area contributed by atoms with Gasteiger partial charge in [0.1, 0.15) is 5.82 Å². The van der Waals surface area contributed by atoms with Crippen molar-refractivity contribution in [1.29, 1.82) is 0 Å². The van der Waals surface area contributed by atoms with Gasteiger partial charge in [-0.2, -0.15) is 0 Å². The van der Waals surface area contributed by atoms with Crippen molar-refractivity contribution in [3.8, 4) is 0 Å². The second kappa shape index (κ2) is 6.04. The number of benzene rings is 1. The van der Waals surface area contributed by atoms with Crippen LogP contribution in [0.3, 0.4) is 0 Å². The summed E-state index contributed by atoms with van der Waals surface area (Å²) in [5, 5.41) is 0. The molecule has 2 heterocycles. The van der Waals surface area contributed by atoms with E-state index in [1.165, 1.54) is 27.9 Å². The monoisotopic (exact) mass is 309 g/mol. The van der Waals surface area contributed by atoms with Crippen molar-refractivity contribution in [3.63, 3.8) is 0 Å². The van der Waals surface area contributed by atoms with Gasteiger partial charge in [-0.25, -0.2) is 9.97 Å². The summed E-state index contributed by atoms with van der Waals surface area (Å²) >= 11 is 0. The lowest BCUT2D eigenvalue weighted by Crippen LogP contribution is -2.32. The molecule has 0 saturated heterocycles. The first kappa shape index (κ1) is 16.1. The van der Waals surface area contributed by atoms with Crippen LogP contribution < -0.4 is 0 Å². The molecule has 0 bridgehead atoms. The molecule has 0 saturated carbocycles. The Bertz CT molecular complexity index is 713. The summed E-state index contributed by atoms with van der Waals surface area (Å²) in [6.07, 6.45) is 3.06. The van der Waals surface area contributed by atoms with E-state index in [-0.39, 0.29) is 5.41 Å². The number of hydrogen-bond acceptors (Lipinski definition) is 3. The highest BCUT2D eigenvalue weighted by atomic mass is 15.1. The van der Waals surface area contributed by atoms with Gasteiger partial charge in [-0.15, -0.1) is 0 Å². The van der Waals surface area contributed by atoms with Crippen LogP contribution in [0.2, 0.25) is 0 Å². The van der Waals surface area contributed by atoms with E-state index < -0.39 is 0 Å². The number of aryl methyl sites for hydroxylation is 2.